The second-order valence-corrected chi connectivity index (χ2v) is 9.70. The van der Waals surface area contributed by atoms with Crippen molar-refractivity contribution in [1.29, 1.82) is 0 Å². The molecule has 0 bridgehead atoms. The predicted octanol–water partition coefficient (Wildman–Crippen LogP) is 3.55. The van der Waals surface area contributed by atoms with Gasteiger partial charge in [-0.2, -0.15) is 13.2 Å². The van der Waals surface area contributed by atoms with Crippen LogP contribution >= 0.6 is 12.1 Å². The summed E-state index contributed by atoms with van der Waals surface area (Å²) in [6.45, 7) is 6.85. The number of aromatic nitrogens is 1. The zero-order chi connectivity index (χ0) is 26.0. The van der Waals surface area contributed by atoms with Crippen molar-refractivity contribution in [2.75, 3.05) is 46.0 Å². The molecule has 2 aromatic rings. The van der Waals surface area contributed by atoms with Gasteiger partial charge in [0, 0.05) is 63.0 Å². The van der Waals surface area contributed by atoms with Gasteiger partial charge in [0.05, 0.1) is 19.8 Å². The number of morpholine rings is 1. The molecule has 2 saturated heterocycles. The van der Waals surface area contributed by atoms with Crippen molar-refractivity contribution in [3.05, 3.63) is 59.8 Å². The van der Waals surface area contributed by atoms with Gasteiger partial charge >= 0.3 is 12.1 Å². The molecule has 3 N–H and O–H groups in total. The number of ether oxygens (including phenoxy) is 2. The molecule has 0 aliphatic carbocycles. The van der Waals surface area contributed by atoms with Gasteiger partial charge in [-0.3, -0.25) is 0 Å². The number of rotatable bonds is 7. The van der Waals surface area contributed by atoms with E-state index in [1.165, 1.54) is 5.56 Å². The van der Waals surface area contributed by atoms with E-state index >= 15 is 0 Å². The van der Waals surface area contributed by atoms with Crippen molar-refractivity contribution in [3.8, 4) is 5.88 Å². The van der Waals surface area contributed by atoms with E-state index in [1.54, 1.807) is 6.20 Å². The second kappa shape index (κ2) is 13.8. The maximum atomic E-state index is 10.6. The number of carbonyl (C=O) groups is 1. The van der Waals surface area contributed by atoms with Gasteiger partial charge in [-0.25, -0.2) is 18.4 Å². The molecular weight excluding hydrogens is 497 g/mol. The van der Waals surface area contributed by atoms with Crippen molar-refractivity contribution in [3.63, 3.8) is 0 Å². The third kappa shape index (κ3) is 9.25. The number of hydrogen-bond acceptors (Lipinski definition) is 8. The summed E-state index contributed by atoms with van der Waals surface area (Å²) in [4.78, 5) is 13.2. The summed E-state index contributed by atoms with van der Waals surface area (Å²) in [5.41, 5.74) is 8.20. The van der Waals surface area contributed by atoms with Crippen LogP contribution in [-0.4, -0.2) is 76.8 Å². The van der Waals surface area contributed by atoms with Crippen molar-refractivity contribution in [1.82, 2.24) is 13.6 Å². The van der Waals surface area contributed by atoms with Crippen LogP contribution in [0.1, 0.15) is 23.5 Å². The average Bonchev–Trinajstić information content (AvgIpc) is 2.88. The third-order valence-electron chi connectivity index (χ3n) is 5.72. The van der Waals surface area contributed by atoms with Gasteiger partial charge in [-0.05, 0) is 29.5 Å². The summed E-state index contributed by atoms with van der Waals surface area (Å²) >= 11 is 1.87. The number of halogens is 3. The lowest BCUT2D eigenvalue weighted by Gasteiger charge is -2.39. The second-order valence-electron chi connectivity index (χ2n) is 8.50. The first kappa shape index (κ1) is 28.2. The van der Waals surface area contributed by atoms with Crippen LogP contribution in [0, 0.1) is 5.92 Å². The van der Waals surface area contributed by atoms with Crippen molar-refractivity contribution < 1.29 is 32.5 Å². The van der Waals surface area contributed by atoms with Crippen LogP contribution in [-0.2, 0) is 16.1 Å². The molecule has 2 atom stereocenters. The maximum Gasteiger partial charge on any atom is 0.490 e. The highest BCUT2D eigenvalue weighted by atomic mass is 32.2. The molecule has 1 aromatic carbocycles. The van der Waals surface area contributed by atoms with Gasteiger partial charge in [0.15, 0.2) is 0 Å². The van der Waals surface area contributed by atoms with E-state index in [0.717, 1.165) is 51.4 Å². The van der Waals surface area contributed by atoms with Crippen LogP contribution in [0.15, 0.2) is 48.7 Å². The normalized spacial score (nSPS) is 21.3. The summed E-state index contributed by atoms with van der Waals surface area (Å²) in [7, 11) is 0. The van der Waals surface area contributed by atoms with E-state index in [4.69, 9.17) is 25.1 Å². The van der Waals surface area contributed by atoms with Crippen LogP contribution < -0.4 is 10.5 Å². The molecule has 3 heterocycles. The van der Waals surface area contributed by atoms with E-state index in [1.807, 2.05) is 24.3 Å². The quantitative estimate of drug-likeness (QED) is 0.523. The first-order valence-electron chi connectivity index (χ1n) is 11.6. The summed E-state index contributed by atoms with van der Waals surface area (Å²) < 4.78 is 48.2. The van der Waals surface area contributed by atoms with Crippen molar-refractivity contribution >= 4 is 18.1 Å². The van der Waals surface area contributed by atoms with Crippen LogP contribution in [0.25, 0.3) is 0 Å². The molecule has 1 aromatic heterocycles. The largest absolute Gasteiger partial charge is 0.490 e. The lowest BCUT2D eigenvalue weighted by molar-refractivity contribution is -0.192. The van der Waals surface area contributed by atoms with Crippen LogP contribution in [0.4, 0.5) is 13.2 Å². The van der Waals surface area contributed by atoms with E-state index in [0.29, 0.717) is 30.9 Å². The molecule has 4 rings (SSSR count). The predicted molar refractivity (Wildman–Crippen MR) is 130 cm³/mol. The Labute approximate surface area is 212 Å². The number of carboxylic acids is 1. The fourth-order valence-electron chi connectivity index (χ4n) is 3.97. The number of piperidine rings is 1. The van der Waals surface area contributed by atoms with Gasteiger partial charge in [0.25, 0.3) is 0 Å². The number of alkyl halides is 3. The molecular formula is C24H31F3N4O4S. The SMILES string of the molecule is NCc1ccnc(OCC2CC(c3ccccc3)CN(SN3CCOCC3)C2)c1.O=C(O)C(F)(F)F. The molecule has 12 heteroatoms. The number of pyridine rings is 1. The minimum atomic E-state index is -5.08. The highest BCUT2D eigenvalue weighted by Crippen LogP contribution is 2.34. The molecule has 2 aliphatic heterocycles. The molecule has 2 unspecified atom stereocenters. The molecule has 198 valence electrons. The Morgan fingerprint density at radius 1 is 1.17 bits per heavy atom. The van der Waals surface area contributed by atoms with Gasteiger partial charge in [0.2, 0.25) is 5.88 Å². The molecule has 2 aliphatic rings. The molecule has 0 radical (unpaired) electrons. The van der Waals surface area contributed by atoms with Crippen LogP contribution in [0.2, 0.25) is 0 Å². The van der Waals surface area contributed by atoms with Crippen LogP contribution in [0.5, 0.6) is 5.88 Å². The van der Waals surface area contributed by atoms with Gasteiger partial charge in [0.1, 0.15) is 0 Å². The van der Waals surface area contributed by atoms with Gasteiger partial charge < -0.3 is 20.3 Å². The summed E-state index contributed by atoms with van der Waals surface area (Å²) in [6, 6.07) is 14.7. The molecule has 8 nitrogen and oxygen atoms in total. The van der Waals surface area contributed by atoms with Gasteiger partial charge in [-0.15, -0.1) is 0 Å². The fourth-order valence-corrected chi connectivity index (χ4v) is 5.13. The number of carboxylic acid groups (broad SMARTS) is 1. The van der Waals surface area contributed by atoms with Crippen molar-refractivity contribution in [2.45, 2.75) is 25.1 Å². The number of aliphatic carboxylic acids is 1. The van der Waals surface area contributed by atoms with E-state index < -0.39 is 12.1 Å². The number of nitrogens with zero attached hydrogens (tertiary/aromatic N) is 3. The first-order valence-corrected chi connectivity index (χ1v) is 12.4. The Balaban J connectivity index is 0.000000454. The fraction of sp³-hybridized carbons (Fsp3) is 0.500. The molecule has 36 heavy (non-hydrogen) atoms. The molecule has 2 fully saturated rings. The summed E-state index contributed by atoms with van der Waals surface area (Å²) in [6.07, 6.45) is -2.19. The summed E-state index contributed by atoms with van der Waals surface area (Å²) in [5.74, 6) is -1.13. The Hall–Kier alpha value is -2.38. The molecule has 0 spiro atoms. The van der Waals surface area contributed by atoms with E-state index in [9.17, 15) is 13.2 Å². The lowest BCUT2D eigenvalue weighted by atomic mass is 9.86. The average molecular weight is 529 g/mol. The Bertz CT molecular complexity index is 948. The Morgan fingerprint density at radius 2 is 1.86 bits per heavy atom. The number of benzene rings is 1. The Kier molecular flexibility index (Phi) is 10.8. The lowest BCUT2D eigenvalue weighted by Crippen LogP contribution is -2.42. The third-order valence-corrected chi connectivity index (χ3v) is 6.85. The monoisotopic (exact) mass is 528 g/mol. The van der Waals surface area contributed by atoms with Crippen molar-refractivity contribution in [2.24, 2.45) is 11.7 Å². The summed E-state index contributed by atoms with van der Waals surface area (Å²) in [5, 5.41) is 7.12. The highest BCUT2D eigenvalue weighted by molar-refractivity contribution is 7.94. The first-order chi connectivity index (χ1) is 17.2. The standard InChI is InChI=1S/C22H30N4O2S.C2HF3O2/c23-14-18-6-7-24-22(13-18)28-17-19-12-21(20-4-2-1-3-5-20)16-26(15-19)29-25-8-10-27-11-9-25;3-2(4,5)1(6)7/h1-7,13,19,21H,8-12,14-17,23H2;(H,6,7). The molecule has 0 amide bonds. The zero-order valence-corrected chi connectivity index (χ0v) is 20.6. The highest BCUT2D eigenvalue weighted by Gasteiger charge is 2.38. The number of hydrogen-bond donors (Lipinski definition) is 2. The maximum absolute atomic E-state index is 10.6. The van der Waals surface area contributed by atoms with Gasteiger partial charge in [-0.1, -0.05) is 30.3 Å². The Morgan fingerprint density at radius 3 is 2.50 bits per heavy atom. The van der Waals surface area contributed by atoms with Crippen LogP contribution in [0.3, 0.4) is 0 Å². The number of nitrogens with two attached hydrogens (primary N) is 1. The van der Waals surface area contributed by atoms with E-state index in [-0.39, 0.29) is 0 Å². The smallest absolute Gasteiger partial charge is 0.477 e. The minimum absolute atomic E-state index is 0.450. The van der Waals surface area contributed by atoms with E-state index in [2.05, 4.69) is 43.9 Å². The minimum Gasteiger partial charge on any atom is -0.477 e. The zero-order valence-electron chi connectivity index (χ0n) is 19.8. The topological polar surface area (TPSA) is 101 Å². The molecule has 0 saturated carbocycles.